The average Bonchev–Trinajstić information content (AvgIpc) is 3.54. The Labute approximate surface area is 227 Å². The summed E-state index contributed by atoms with van der Waals surface area (Å²) in [7, 11) is 0. The van der Waals surface area contributed by atoms with Gasteiger partial charge in [-0.05, 0) is 33.1 Å². The van der Waals surface area contributed by atoms with Crippen molar-refractivity contribution in [3.63, 3.8) is 0 Å². The van der Waals surface area contributed by atoms with Crippen LogP contribution in [0.1, 0.15) is 79.4 Å². The minimum absolute atomic E-state index is 0.00391. The third-order valence-corrected chi connectivity index (χ3v) is 7.00. The summed E-state index contributed by atoms with van der Waals surface area (Å²) < 4.78 is 25.9. The number of ether oxygens (including phenoxy) is 4. The quantitative estimate of drug-likeness (QED) is 0.267. The van der Waals surface area contributed by atoms with E-state index in [1.165, 1.54) is 6.33 Å². The lowest BCUT2D eigenvalue weighted by atomic mass is 10.00. The van der Waals surface area contributed by atoms with Crippen molar-refractivity contribution < 1.29 is 28.5 Å². The van der Waals surface area contributed by atoms with E-state index in [4.69, 9.17) is 18.9 Å². The van der Waals surface area contributed by atoms with Crippen LogP contribution in [-0.4, -0.2) is 68.8 Å². The maximum atomic E-state index is 12.7. The van der Waals surface area contributed by atoms with Crippen molar-refractivity contribution in [2.75, 3.05) is 18.5 Å². The summed E-state index contributed by atoms with van der Waals surface area (Å²) >= 11 is 0. The molecule has 0 aliphatic carbocycles. The van der Waals surface area contributed by atoms with E-state index in [1.807, 2.05) is 13.8 Å². The SMILES string of the molecule is CCCCNC(=O)Nc1nc2c(ncn2[C@@H]2O[C@H](COC(=O)C(CC)CCCC)[C@H]3OC(C)(C)O[C@H]32)c(=O)[nH]1. The summed E-state index contributed by atoms with van der Waals surface area (Å²) in [6, 6.07) is -0.477. The minimum Gasteiger partial charge on any atom is -0.463 e. The van der Waals surface area contributed by atoms with Gasteiger partial charge in [0.15, 0.2) is 23.2 Å². The van der Waals surface area contributed by atoms with Crippen LogP contribution in [0.25, 0.3) is 11.2 Å². The maximum absolute atomic E-state index is 12.7. The highest BCUT2D eigenvalue weighted by atomic mass is 16.8. The molecule has 0 spiro atoms. The molecule has 5 atom stereocenters. The number of H-pyrrole nitrogens is 1. The van der Waals surface area contributed by atoms with Crippen molar-refractivity contribution in [3.05, 3.63) is 16.7 Å². The Balaban J connectivity index is 1.54. The van der Waals surface area contributed by atoms with E-state index in [-0.39, 0.29) is 35.6 Å². The van der Waals surface area contributed by atoms with Crippen LogP contribution in [-0.2, 0) is 23.7 Å². The van der Waals surface area contributed by atoms with Crippen molar-refractivity contribution in [1.82, 2.24) is 24.8 Å². The zero-order valence-corrected chi connectivity index (χ0v) is 23.3. The monoisotopic (exact) mass is 548 g/mol. The number of amides is 2. The van der Waals surface area contributed by atoms with Crippen LogP contribution in [0.4, 0.5) is 10.7 Å². The van der Waals surface area contributed by atoms with Gasteiger partial charge in [-0.2, -0.15) is 4.98 Å². The normalized spacial score (nSPS) is 24.4. The summed E-state index contributed by atoms with van der Waals surface area (Å²) in [5, 5.41) is 5.28. The third-order valence-electron chi connectivity index (χ3n) is 7.00. The van der Waals surface area contributed by atoms with Crippen molar-refractivity contribution >= 4 is 29.1 Å². The van der Waals surface area contributed by atoms with Crippen molar-refractivity contribution in [2.45, 2.75) is 103 Å². The highest BCUT2D eigenvalue weighted by Crippen LogP contribution is 2.43. The second-order valence-corrected chi connectivity index (χ2v) is 10.5. The zero-order valence-electron chi connectivity index (χ0n) is 23.3. The maximum Gasteiger partial charge on any atom is 0.321 e. The van der Waals surface area contributed by atoms with Gasteiger partial charge in [-0.1, -0.05) is 40.0 Å². The number of unbranched alkanes of at least 4 members (excludes halogenated alkanes) is 2. The van der Waals surface area contributed by atoms with Gasteiger partial charge in [0, 0.05) is 6.54 Å². The highest BCUT2D eigenvalue weighted by Gasteiger charge is 2.56. The topological polar surface area (TPSA) is 159 Å². The Morgan fingerprint density at radius 2 is 1.92 bits per heavy atom. The Bertz CT molecular complexity index is 1210. The molecule has 2 fully saturated rings. The summed E-state index contributed by atoms with van der Waals surface area (Å²) in [6.45, 7) is 10.2. The molecule has 3 N–H and O–H groups in total. The van der Waals surface area contributed by atoms with Crippen LogP contribution in [0.15, 0.2) is 11.1 Å². The van der Waals surface area contributed by atoms with E-state index in [1.54, 1.807) is 18.4 Å². The number of aromatic amines is 1. The summed E-state index contributed by atoms with van der Waals surface area (Å²) in [6.07, 6.45) is 4.23. The van der Waals surface area contributed by atoms with E-state index in [9.17, 15) is 14.4 Å². The lowest BCUT2D eigenvalue weighted by Gasteiger charge is -2.25. The molecule has 39 heavy (non-hydrogen) atoms. The van der Waals surface area contributed by atoms with E-state index >= 15 is 0 Å². The smallest absolute Gasteiger partial charge is 0.321 e. The Morgan fingerprint density at radius 3 is 2.64 bits per heavy atom. The zero-order chi connectivity index (χ0) is 28.2. The first-order valence-electron chi connectivity index (χ1n) is 13.9. The van der Waals surface area contributed by atoms with E-state index in [0.29, 0.717) is 13.0 Å². The fraction of sp³-hybridized carbons (Fsp3) is 0.731. The van der Waals surface area contributed by atoms with Crippen LogP contribution in [0.5, 0.6) is 0 Å². The van der Waals surface area contributed by atoms with E-state index in [0.717, 1.165) is 32.1 Å². The first kappa shape index (κ1) is 29.0. The number of imidazole rings is 1. The Kier molecular flexibility index (Phi) is 9.23. The molecule has 0 aromatic carbocycles. The number of urea groups is 1. The molecule has 1 unspecified atom stereocenters. The van der Waals surface area contributed by atoms with Crippen molar-refractivity contribution in [1.29, 1.82) is 0 Å². The number of rotatable bonds is 12. The molecule has 2 amide bonds. The number of hydrogen-bond acceptors (Lipinski definition) is 9. The summed E-state index contributed by atoms with van der Waals surface area (Å²) in [5.74, 6) is -1.32. The van der Waals surface area contributed by atoms with Crippen molar-refractivity contribution in [2.24, 2.45) is 5.92 Å². The van der Waals surface area contributed by atoms with Crippen LogP contribution in [0.3, 0.4) is 0 Å². The predicted molar refractivity (Wildman–Crippen MR) is 142 cm³/mol. The Hall–Kier alpha value is -3.03. The van der Waals surface area contributed by atoms with E-state index < -0.39 is 41.9 Å². The molecular formula is C26H40N6O7. The van der Waals surface area contributed by atoms with Gasteiger partial charge < -0.3 is 24.3 Å². The number of aromatic nitrogens is 4. The first-order valence-corrected chi connectivity index (χ1v) is 13.9. The second kappa shape index (κ2) is 12.4. The fourth-order valence-corrected chi connectivity index (χ4v) is 4.94. The first-order chi connectivity index (χ1) is 18.7. The minimum atomic E-state index is -0.892. The van der Waals surface area contributed by atoms with Gasteiger partial charge in [-0.15, -0.1) is 0 Å². The Morgan fingerprint density at radius 1 is 1.18 bits per heavy atom. The molecule has 0 saturated carbocycles. The third kappa shape index (κ3) is 6.59. The number of nitrogens with zero attached hydrogens (tertiary/aromatic N) is 3. The predicted octanol–water partition coefficient (Wildman–Crippen LogP) is 3.22. The lowest BCUT2D eigenvalue weighted by molar-refractivity contribution is -0.202. The van der Waals surface area contributed by atoms with Crippen molar-refractivity contribution in [3.8, 4) is 0 Å². The standard InChI is InChI=1S/C26H40N6O7/c1-6-9-11-15(8-3)23(34)36-13-16-18-19(39-26(4,5)38-18)22(37-16)32-14-28-17-20(32)29-24(30-21(17)33)31-25(35)27-12-10-7-2/h14-16,18-19,22H,6-13H2,1-5H3,(H3,27,29,30,31,33,35)/t15?,16-,18-,19-,22-/m1/s1. The summed E-state index contributed by atoms with van der Waals surface area (Å²) in [5.41, 5.74) is -0.214. The molecule has 2 aromatic heterocycles. The van der Waals surface area contributed by atoms with Gasteiger partial charge in [0.05, 0.1) is 12.2 Å². The molecule has 13 heteroatoms. The number of carbonyl (C=O) groups is 2. The lowest BCUT2D eigenvalue weighted by Crippen LogP contribution is -2.34. The van der Waals surface area contributed by atoms with Crippen LogP contribution in [0.2, 0.25) is 0 Å². The van der Waals surface area contributed by atoms with Crippen LogP contribution < -0.4 is 16.2 Å². The largest absolute Gasteiger partial charge is 0.463 e. The number of anilines is 1. The molecule has 0 bridgehead atoms. The number of fused-ring (bicyclic) bond motifs is 2. The molecule has 4 heterocycles. The van der Waals surface area contributed by atoms with E-state index in [2.05, 4.69) is 32.5 Å². The number of carbonyl (C=O) groups excluding carboxylic acids is 2. The molecule has 2 aliphatic rings. The molecule has 2 aliphatic heterocycles. The molecule has 4 rings (SSSR count). The second-order valence-electron chi connectivity index (χ2n) is 10.5. The van der Waals surface area contributed by atoms with Crippen LogP contribution in [0, 0.1) is 5.92 Å². The highest BCUT2D eigenvalue weighted by molar-refractivity contribution is 5.88. The number of hydrogen-bond donors (Lipinski definition) is 3. The molecule has 2 aromatic rings. The fourth-order valence-electron chi connectivity index (χ4n) is 4.94. The molecule has 2 saturated heterocycles. The van der Waals surface area contributed by atoms with Crippen LogP contribution >= 0.6 is 0 Å². The number of nitrogens with one attached hydrogen (secondary N) is 3. The molecule has 0 radical (unpaired) electrons. The van der Waals surface area contributed by atoms with Gasteiger partial charge in [0.2, 0.25) is 5.95 Å². The van der Waals surface area contributed by atoms with Gasteiger partial charge in [0.1, 0.15) is 24.9 Å². The van der Waals surface area contributed by atoms with Gasteiger partial charge in [-0.25, -0.2) is 9.78 Å². The molecular weight excluding hydrogens is 508 g/mol. The van der Waals surface area contributed by atoms with Gasteiger partial charge in [0.25, 0.3) is 5.56 Å². The number of esters is 1. The molecule has 216 valence electrons. The average molecular weight is 549 g/mol. The molecule has 13 nitrogen and oxygen atoms in total. The summed E-state index contributed by atoms with van der Waals surface area (Å²) in [4.78, 5) is 48.9. The van der Waals surface area contributed by atoms with Gasteiger partial charge >= 0.3 is 12.0 Å². The van der Waals surface area contributed by atoms with Gasteiger partial charge in [-0.3, -0.25) is 24.5 Å².